The number of hydrogen-bond donors (Lipinski definition) is 1. The van der Waals surface area contributed by atoms with Crippen LogP contribution in [0.3, 0.4) is 0 Å². The van der Waals surface area contributed by atoms with Crippen molar-refractivity contribution in [1.29, 1.82) is 0 Å². The summed E-state index contributed by atoms with van der Waals surface area (Å²) < 4.78 is 11.0. The monoisotopic (exact) mass is 304 g/mol. The van der Waals surface area contributed by atoms with Gasteiger partial charge in [0, 0.05) is 30.7 Å². The van der Waals surface area contributed by atoms with Crippen LogP contribution in [0.15, 0.2) is 24.3 Å². The molecule has 1 amide bonds. The number of morpholine rings is 1. The Labute approximate surface area is 131 Å². The van der Waals surface area contributed by atoms with Gasteiger partial charge in [0.05, 0.1) is 26.2 Å². The van der Waals surface area contributed by atoms with Crippen molar-refractivity contribution in [1.82, 2.24) is 10.2 Å². The van der Waals surface area contributed by atoms with Crippen LogP contribution in [0.4, 0.5) is 0 Å². The van der Waals surface area contributed by atoms with E-state index in [4.69, 9.17) is 9.47 Å². The summed E-state index contributed by atoms with van der Waals surface area (Å²) in [6.45, 7) is 4.77. The second-order valence-corrected chi connectivity index (χ2v) is 6.24. The van der Waals surface area contributed by atoms with Crippen molar-refractivity contribution in [3.63, 3.8) is 0 Å². The first-order valence-electron chi connectivity index (χ1n) is 7.92. The molecule has 0 unspecified atom stereocenters. The zero-order valence-electron chi connectivity index (χ0n) is 13.2. The van der Waals surface area contributed by atoms with Crippen molar-refractivity contribution in [2.45, 2.75) is 38.0 Å². The third-order valence-electron chi connectivity index (χ3n) is 4.50. The summed E-state index contributed by atoms with van der Waals surface area (Å²) in [5.74, 6) is 0.826. The molecule has 2 aliphatic rings. The van der Waals surface area contributed by atoms with Gasteiger partial charge in [0.1, 0.15) is 5.75 Å². The molecule has 3 rings (SSSR count). The van der Waals surface area contributed by atoms with Gasteiger partial charge in [0.2, 0.25) is 5.91 Å². The van der Waals surface area contributed by atoms with Crippen LogP contribution < -0.4 is 10.1 Å². The maximum Gasteiger partial charge on any atom is 0.224 e. The lowest BCUT2D eigenvalue weighted by atomic mass is 10.1. The third kappa shape index (κ3) is 3.42. The Balaban J connectivity index is 1.54. The van der Waals surface area contributed by atoms with Crippen LogP contribution in [0.5, 0.6) is 5.75 Å². The molecule has 0 saturated carbocycles. The van der Waals surface area contributed by atoms with E-state index in [1.54, 1.807) is 7.11 Å². The fourth-order valence-corrected chi connectivity index (χ4v) is 3.44. The van der Waals surface area contributed by atoms with Crippen LogP contribution in [0.1, 0.15) is 18.9 Å². The normalized spacial score (nSPS) is 28.2. The predicted octanol–water partition coefficient (Wildman–Crippen LogP) is 1.22. The number of carbonyl (C=O) groups is 1. The molecular weight excluding hydrogens is 280 g/mol. The molecule has 0 spiro atoms. The van der Waals surface area contributed by atoms with E-state index in [1.165, 1.54) is 0 Å². The summed E-state index contributed by atoms with van der Waals surface area (Å²) in [5.41, 5.74) is 0.926. The van der Waals surface area contributed by atoms with Crippen molar-refractivity contribution >= 4 is 5.91 Å². The minimum atomic E-state index is 0.0586. The molecule has 1 aromatic rings. The maximum absolute atomic E-state index is 12.3. The highest BCUT2D eigenvalue weighted by molar-refractivity contribution is 5.79. The number of amides is 1. The highest BCUT2D eigenvalue weighted by Crippen LogP contribution is 2.23. The Kier molecular flexibility index (Phi) is 4.64. The summed E-state index contributed by atoms with van der Waals surface area (Å²) in [7, 11) is 1.63. The van der Waals surface area contributed by atoms with E-state index in [0.717, 1.165) is 37.4 Å². The van der Waals surface area contributed by atoms with Gasteiger partial charge in [0.25, 0.3) is 0 Å². The van der Waals surface area contributed by atoms with Crippen molar-refractivity contribution in [2.24, 2.45) is 0 Å². The van der Waals surface area contributed by atoms with Crippen LogP contribution in [0.25, 0.3) is 0 Å². The van der Waals surface area contributed by atoms with E-state index in [-0.39, 0.29) is 11.9 Å². The first kappa shape index (κ1) is 15.3. The molecule has 5 heteroatoms. The second kappa shape index (κ2) is 6.67. The highest BCUT2D eigenvalue weighted by atomic mass is 16.5. The summed E-state index contributed by atoms with van der Waals surface area (Å²) in [4.78, 5) is 14.7. The number of hydrogen-bond acceptors (Lipinski definition) is 4. The molecule has 5 nitrogen and oxygen atoms in total. The fourth-order valence-electron chi connectivity index (χ4n) is 3.44. The van der Waals surface area contributed by atoms with Gasteiger partial charge in [-0.05, 0) is 19.4 Å². The standard InChI is InChI=1S/C17H24N2O3/c1-12-9-19-10-14(8-15(19)11-22-12)18-17(20)7-13-5-3-4-6-16(13)21-2/h3-6,12,14-15H,7-11H2,1-2H3,(H,18,20)/t12-,14+,15+/m1/s1. The van der Waals surface area contributed by atoms with Crippen LogP contribution in [0, 0.1) is 0 Å². The van der Waals surface area contributed by atoms with Crippen LogP contribution in [0.2, 0.25) is 0 Å². The molecule has 1 N–H and O–H groups in total. The SMILES string of the molecule is COc1ccccc1CC(=O)N[C@H]1C[C@H]2CO[C@H](C)CN2C1. The quantitative estimate of drug-likeness (QED) is 0.908. The lowest BCUT2D eigenvalue weighted by Gasteiger charge is -2.33. The smallest absolute Gasteiger partial charge is 0.224 e. The number of nitrogens with one attached hydrogen (secondary N) is 1. The van der Waals surface area contributed by atoms with Gasteiger partial charge in [-0.1, -0.05) is 18.2 Å². The zero-order valence-corrected chi connectivity index (χ0v) is 13.2. The van der Waals surface area contributed by atoms with Crippen LogP contribution in [-0.4, -0.2) is 55.8 Å². The number of methoxy groups -OCH3 is 1. The average Bonchev–Trinajstić information content (AvgIpc) is 2.88. The Morgan fingerprint density at radius 1 is 1.41 bits per heavy atom. The van der Waals surface area contributed by atoms with Gasteiger partial charge in [0.15, 0.2) is 0 Å². The molecule has 0 bridgehead atoms. The van der Waals surface area contributed by atoms with E-state index in [0.29, 0.717) is 18.6 Å². The van der Waals surface area contributed by atoms with E-state index < -0.39 is 0 Å². The number of fused-ring (bicyclic) bond motifs is 1. The van der Waals surface area contributed by atoms with Gasteiger partial charge in [-0.25, -0.2) is 0 Å². The van der Waals surface area contributed by atoms with Gasteiger partial charge >= 0.3 is 0 Å². The van der Waals surface area contributed by atoms with Gasteiger partial charge in [-0.2, -0.15) is 0 Å². The molecule has 1 aromatic carbocycles. The van der Waals surface area contributed by atoms with E-state index in [2.05, 4.69) is 17.1 Å². The van der Waals surface area contributed by atoms with Crippen molar-refractivity contribution in [3.8, 4) is 5.75 Å². The predicted molar refractivity (Wildman–Crippen MR) is 84.0 cm³/mol. The van der Waals surface area contributed by atoms with Crippen molar-refractivity contribution in [2.75, 3.05) is 26.8 Å². The Morgan fingerprint density at radius 3 is 3.05 bits per heavy atom. The fraction of sp³-hybridized carbons (Fsp3) is 0.588. The topological polar surface area (TPSA) is 50.8 Å². The lowest BCUT2D eigenvalue weighted by molar-refractivity contribution is -0.121. The number of ether oxygens (including phenoxy) is 2. The van der Waals surface area contributed by atoms with E-state index in [9.17, 15) is 4.79 Å². The minimum Gasteiger partial charge on any atom is -0.496 e. The number of benzene rings is 1. The Hall–Kier alpha value is -1.59. The van der Waals surface area contributed by atoms with Gasteiger partial charge in [-0.15, -0.1) is 0 Å². The second-order valence-electron chi connectivity index (χ2n) is 6.24. The molecule has 120 valence electrons. The largest absolute Gasteiger partial charge is 0.496 e. The molecule has 2 saturated heterocycles. The number of rotatable bonds is 4. The lowest BCUT2D eigenvalue weighted by Crippen LogP contribution is -2.45. The van der Waals surface area contributed by atoms with Crippen molar-refractivity contribution < 1.29 is 14.3 Å². The van der Waals surface area contributed by atoms with Crippen LogP contribution in [-0.2, 0) is 16.0 Å². The molecule has 2 fully saturated rings. The van der Waals surface area contributed by atoms with Crippen LogP contribution >= 0.6 is 0 Å². The third-order valence-corrected chi connectivity index (χ3v) is 4.50. The molecule has 0 aliphatic carbocycles. The molecule has 22 heavy (non-hydrogen) atoms. The highest BCUT2D eigenvalue weighted by Gasteiger charge is 2.36. The molecule has 3 atom stereocenters. The summed E-state index contributed by atoms with van der Waals surface area (Å²) in [6, 6.07) is 8.34. The number of para-hydroxylation sites is 1. The first-order valence-corrected chi connectivity index (χ1v) is 7.92. The summed E-state index contributed by atoms with van der Waals surface area (Å²) >= 11 is 0. The minimum absolute atomic E-state index is 0.0586. The first-order chi connectivity index (χ1) is 10.7. The van der Waals surface area contributed by atoms with E-state index >= 15 is 0 Å². The molecule has 2 heterocycles. The summed E-state index contributed by atoms with van der Waals surface area (Å²) in [6.07, 6.45) is 1.63. The van der Waals surface area contributed by atoms with E-state index in [1.807, 2.05) is 24.3 Å². The average molecular weight is 304 g/mol. The van der Waals surface area contributed by atoms with Crippen molar-refractivity contribution in [3.05, 3.63) is 29.8 Å². The summed E-state index contributed by atoms with van der Waals surface area (Å²) in [5, 5.41) is 3.16. The van der Waals surface area contributed by atoms with Gasteiger partial charge < -0.3 is 14.8 Å². The molecular formula is C17H24N2O3. The Bertz CT molecular complexity index is 534. The molecule has 0 aromatic heterocycles. The number of carbonyl (C=O) groups excluding carboxylic acids is 1. The molecule has 0 radical (unpaired) electrons. The Morgan fingerprint density at radius 2 is 2.23 bits per heavy atom. The number of nitrogens with zero attached hydrogens (tertiary/aromatic N) is 1. The maximum atomic E-state index is 12.3. The molecule has 2 aliphatic heterocycles. The van der Waals surface area contributed by atoms with Gasteiger partial charge in [-0.3, -0.25) is 9.69 Å². The zero-order chi connectivity index (χ0) is 15.5.